The fourth-order valence-electron chi connectivity index (χ4n) is 3.33. The highest BCUT2D eigenvalue weighted by Crippen LogP contribution is 2.43. The lowest BCUT2D eigenvalue weighted by Crippen LogP contribution is -2.46. The Kier molecular flexibility index (Phi) is 2.09. The molecule has 0 aromatic heterocycles. The molecule has 0 saturated carbocycles. The van der Waals surface area contributed by atoms with Crippen molar-refractivity contribution in [3.63, 3.8) is 0 Å². The number of hydrogen-bond acceptors (Lipinski definition) is 2. The van der Waals surface area contributed by atoms with Crippen molar-refractivity contribution >= 4 is 5.91 Å². The highest BCUT2D eigenvalue weighted by Gasteiger charge is 2.53. The molecule has 94 valence electrons. The van der Waals surface area contributed by atoms with Crippen LogP contribution in [0.15, 0.2) is 54.6 Å². The first kappa shape index (κ1) is 10.8. The van der Waals surface area contributed by atoms with Gasteiger partial charge in [-0.1, -0.05) is 48.5 Å². The molecule has 1 amide bonds. The second-order valence-corrected chi connectivity index (χ2v) is 5.01. The number of carbonyl (C=O) groups is 1. The van der Waals surface area contributed by atoms with Gasteiger partial charge in [-0.3, -0.25) is 10.1 Å². The zero-order chi connectivity index (χ0) is 12.9. The van der Waals surface area contributed by atoms with E-state index in [0.717, 1.165) is 29.8 Å². The maximum atomic E-state index is 12.5. The molecule has 2 aliphatic rings. The van der Waals surface area contributed by atoms with Crippen molar-refractivity contribution in [2.45, 2.75) is 5.66 Å². The number of fused-ring (bicyclic) bond motifs is 3. The van der Waals surface area contributed by atoms with E-state index in [4.69, 9.17) is 0 Å². The number of nitrogens with zero attached hydrogens (tertiary/aromatic N) is 1. The van der Waals surface area contributed by atoms with E-state index in [1.165, 1.54) is 0 Å². The van der Waals surface area contributed by atoms with E-state index >= 15 is 0 Å². The first-order valence-corrected chi connectivity index (χ1v) is 6.56. The molecule has 1 saturated heterocycles. The van der Waals surface area contributed by atoms with Gasteiger partial charge in [-0.05, 0) is 11.6 Å². The molecule has 0 bridgehead atoms. The summed E-state index contributed by atoms with van der Waals surface area (Å²) in [5.74, 6) is 0.129. The lowest BCUT2D eigenvalue weighted by molar-refractivity contribution is 0.0694. The van der Waals surface area contributed by atoms with Crippen molar-refractivity contribution in [2.24, 2.45) is 0 Å². The van der Waals surface area contributed by atoms with Crippen LogP contribution < -0.4 is 5.32 Å². The van der Waals surface area contributed by atoms with Crippen LogP contribution in [0.2, 0.25) is 0 Å². The topological polar surface area (TPSA) is 32.3 Å². The van der Waals surface area contributed by atoms with Gasteiger partial charge in [0.2, 0.25) is 0 Å². The Hall–Kier alpha value is -2.13. The summed E-state index contributed by atoms with van der Waals surface area (Å²) in [5, 5.41) is 3.54. The van der Waals surface area contributed by atoms with Gasteiger partial charge in [-0.25, -0.2) is 0 Å². The Morgan fingerprint density at radius 2 is 1.74 bits per heavy atom. The molecule has 3 nitrogen and oxygen atoms in total. The zero-order valence-electron chi connectivity index (χ0n) is 10.5. The molecule has 0 aliphatic carbocycles. The van der Waals surface area contributed by atoms with E-state index in [-0.39, 0.29) is 5.91 Å². The summed E-state index contributed by atoms with van der Waals surface area (Å²) in [7, 11) is 0. The van der Waals surface area contributed by atoms with Crippen LogP contribution in [0.3, 0.4) is 0 Å². The molecule has 2 aromatic carbocycles. The van der Waals surface area contributed by atoms with Crippen molar-refractivity contribution < 1.29 is 4.79 Å². The molecule has 4 rings (SSSR count). The molecule has 1 N–H and O–H groups in total. The maximum Gasteiger partial charge on any atom is 0.256 e. The van der Waals surface area contributed by atoms with Crippen LogP contribution in [0.5, 0.6) is 0 Å². The van der Waals surface area contributed by atoms with Crippen molar-refractivity contribution in [3.8, 4) is 0 Å². The van der Waals surface area contributed by atoms with Gasteiger partial charge in [0.1, 0.15) is 5.66 Å². The summed E-state index contributed by atoms with van der Waals surface area (Å²) in [6.45, 7) is 1.58. The van der Waals surface area contributed by atoms with Crippen molar-refractivity contribution in [2.75, 3.05) is 13.1 Å². The SMILES string of the molecule is O=C1c2ccccc2[C@@]2(c3ccccc3)NCCN12. The highest BCUT2D eigenvalue weighted by atomic mass is 16.2. The van der Waals surface area contributed by atoms with Gasteiger partial charge >= 0.3 is 0 Å². The Morgan fingerprint density at radius 1 is 1.00 bits per heavy atom. The Balaban J connectivity index is 2.02. The van der Waals surface area contributed by atoms with Crippen molar-refractivity contribution in [3.05, 3.63) is 71.3 Å². The smallest absolute Gasteiger partial charge is 0.256 e. The molecule has 1 fully saturated rings. The molecule has 2 aliphatic heterocycles. The van der Waals surface area contributed by atoms with Crippen molar-refractivity contribution in [1.29, 1.82) is 0 Å². The molecular weight excluding hydrogens is 236 g/mol. The fraction of sp³-hybridized carbons (Fsp3) is 0.188. The average molecular weight is 250 g/mol. The normalized spacial score (nSPS) is 24.4. The van der Waals surface area contributed by atoms with Crippen LogP contribution in [-0.4, -0.2) is 23.9 Å². The second-order valence-electron chi connectivity index (χ2n) is 5.01. The van der Waals surface area contributed by atoms with Gasteiger partial charge in [0.05, 0.1) is 0 Å². The summed E-state index contributed by atoms with van der Waals surface area (Å²) < 4.78 is 0. The Labute approximate surface area is 111 Å². The predicted molar refractivity (Wildman–Crippen MR) is 72.7 cm³/mol. The maximum absolute atomic E-state index is 12.5. The average Bonchev–Trinajstić information content (AvgIpc) is 3.01. The first-order valence-electron chi connectivity index (χ1n) is 6.56. The van der Waals surface area contributed by atoms with Crippen LogP contribution in [0, 0.1) is 0 Å². The number of hydrogen-bond donors (Lipinski definition) is 1. The van der Waals surface area contributed by atoms with Gasteiger partial charge < -0.3 is 4.90 Å². The summed E-state index contributed by atoms with van der Waals surface area (Å²) >= 11 is 0. The molecule has 0 spiro atoms. The standard InChI is InChI=1S/C16H14N2O/c19-15-13-8-4-5-9-14(13)16(17-10-11-18(15)16)12-6-2-1-3-7-12/h1-9,17H,10-11H2/t16-/m0/s1. The van der Waals surface area contributed by atoms with E-state index < -0.39 is 5.66 Å². The summed E-state index contributed by atoms with van der Waals surface area (Å²) in [5.41, 5.74) is 2.56. The largest absolute Gasteiger partial charge is 0.311 e. The van der Waals surface area contributed by atoms with E-state index in [2.05, 4.69) is 23.5 Å². The van der Waals surface area contributed by atoms with E-state index in [1.54, 1.807) is 0 Å². The third-order valence-corrected chi connectivity index (χ3v) is 4.11. The number of benzene rings is 2. The van der Waals surface area contributed by atoms with E-state index in [9.17, 15) is 4.79 Å². The van der Waals surface area contributed by atoms with Crippen LogP contribution >= 0.6 is 0 Å². The van der Waals surface area contributed by atoms with Gasteiger partial charge in [0, 0.05) is 24.2 Å². The fourth-order valence-corrected chi connectivity index (χ4v) is 3.33. The molecule has 0 radical (unpaired) electrons. The minimum absolute atomic E-state index is 0.129. The third kappa shape index (κ3) is 1.23. The number of carbonyl (C=O) groups excluding carboxylic acids is 1. The molecule has 2 heterocycles. The van der Waals surface area contributed by atoms with Crippen LogP contribution in [0.25, 0.3) is 0 Å². The second kappa shape index (κ2) is 3.68. The zero-order valence-corrected chi connectivity index (χ0v) is 10.5. The van der Waals surface area contributed by atoms with E-state index in [1.807, 2.05) is 41.3 Å². The highest BCUT2D eigenvalue weighted by molar-refractivity contribution is 6.01. The van der Waals surface area contributed by atoms with Gasteiger partial charge in [0.15, 0.2) is 0 Å². The summed E-state index contributed by atoms with van der Waals surface area (Å²) in [6, 6.07) is 18.1. The number of amides is 1. The predicted octanol–water partition coefficient (Wildman–Crippen LogP) is 1.95. The molecule has 2 aromatic rings. The molecule has 0 unspecified atom stereocenters. The number of nitrogens with one attached hydrogen (secondary N) is 1. The van der Waals surface area contributed by atoms with E-state index in [0.29, 0.717) is 0 Å². The van der Waals surface area contributed by atoms with Gasteiger partial charge in [-0.15, -0.1) is 0 Å². The Bertz CT molecular complexity index is 653. The quantitative estimate of drug-likeness (QED) is 0.839. The minimum Gasteiger partial charge on any atom is -0.311 e. The minimum atomic E-state index is -0.463. The first-order chi connectivity index (χ1) is 9.34. The molecular formula is C16H14N2O. The summed E-state index contributed by atoms with van der Waals surface area (Å²) in [6.07, 6.45) is 0. The lowest BCUT2D eigenvalue weighted by atomic mass is 9.91. The van der Waals surface area contributed by atoms with Crippen LogP contribution in [0.1, 0.15) is 21.5 Å². The van der Waals surface area contributed by atoms with Crippen LogP contribution in [0.4, 0.5) is 0 Å². The number of rotatable bonds is 1. The summed E-state index contributed by atoms with van der Waals surface area (Å²) in [4.78, 5) is 14.5. The lowest BCUT2D eigenvalue weighted by Gasteiger charge is -2.33. The van der Waals surface area contributed by atoms with Gasteiger partial charge in [0.25, 0.3) is 5.91 Å². The molecule has 3 heteroatoms. The third-order valence-electron chi connectivity index (χ3n) is 4.11. The molecule has 19 heavy (non-hydrogen) atoms. The molecule has 1 atom stereocenters. The van der Waals surface area contributed by atoms with Gasteiger partial charge in [-0.2, -0.15) is 0 Å². The monoisotopic (exact) mass is 250 g/mol. The van der Waals surface area contributed by atoms with Crippen molar-refractivity contribution in [1.82, 2.24) is 10.2 Å². The van der Waals surface area contributed by atoms with Crippen LogP contribution in [-0.2, 0) is 5.66 Å². The Morgan fingerprint density at radius 3 is 2.58 bits per heavy atom.